The van der Waals surface area contributed by atoms with Crippen molar-refractivity contribution >= 4 is 23.7 Å². The first-order valence-electron chi connectivity index (χ1n) is 9.48. The highest BCUT2D eigenvalue weighted by molar-refractivity contribution is 6.05. The highest BCUT2D eigenvalue weighted by atomic mass is 16.5. The van der Waals surface area contributed by atoms with Crippen molar-refractivity contribution in [3.05, 3.63) is 48.0 Å². The minimum absolute atomic E-state index is 0.0120. The molecule has 0 unspecified atom stereocenters. The smallest absolute Gasteiger partial charge is 0.308 e. The molecule has 0 saturated carbocycles. The first kappa shape index (κ1) is 19.8. The van der Waals surface area contributed by atoms with Crippen molar-refractivity contribution < 1.29 is 23.9 Å². The highest BCUT2D eigenvalue weighted by Crippen LogP contribution is 2.34. The van der Waals surface area contributed by atoms with Crippen molar-refractivity contribution in [3.8, 4) is 0 Å². The van der Waals surface area contributed by atoms with Gasteiger partial charge >= 0.3 is 5.97 Å². The molecule has 1 aromatic carbocycles. The van der Waals surface area contributed by atoms with E-state index in [0.29, 0.717) is 19.4 Å². The zero-order valence-corrected chi connectivity index (χ0v) is 15.8. The fourth-order valence-electron chi connectivity index (χ4n) is 3.53. The molecule has 0 bridgehead atoms. The third kappa shape index (κ3) is 4.47. The molecule has 1 aliphatic heterocycles. The van der Waals surface area contributed by atoms with E-state index in [9.17, 15) is 19.2 Å². The second kappa shape index (κ2) is 8.82. The number of nitrogens with zero attached hydrogens (tertiary/aromatic N) is 1. The number of amides is 3. The van der Waals surface area contributed by atoms with Crippen molar-refractivity contribution in [2.75, 3.05) is 6.54 Å². The zero-order valence-electron chi connectivity index (χ0n) is 15.8. The lowest BCUT2D eigenvalue weighted by Gasteiger charge is -2.16. The Morgan fingerprint density at radius 3 is 2.32 bits per heavy atom. The van der Waals surface area contributed by atoms with E-state index < -0.39 is 18.0 Å². The number of likely N-dealkylation sites (tertiary alicyclic amines) is 1. The van der Waals surface area contributed by atoms with Crippen molar-refractivity contribution in [2.45, 2.75) is 38.8 Å². The van der Waals surface area contributed by atoms with Gasteiger partial charge in [0.2, 0.25) is 11.8 Å². The zero-order chi connectivity index (χ0) is 20.1. The number of hydrogen-bond donors (Lipinski definition) is 1. The third-order valence-electron chi connectivity index (χ3n) is 5.13. The van der Waals surface area contributed by atoms with Crippen molar-refractivity contribution in [2.24, 2.45) is 11.8 Å². The molecule has 7 heteroatoms. The molecule has 1 saturated heterocycles. The van der Waals surface area contributed by atoms with Crippen LogP contribution < -0.4 is 5.32 Å². The molecule has 3 rings (SSSR count). The summed E-state index contributed by atoms with van der Waals surface area (Å²) in [6, 6.07) is 9.40. The second-order valence-electron chi connectivity index (χ2n) is 7.07. The van der Waals surface area contributed by atoms with Gasteiger partial charge in [-0.2, -0.15) is 0 Å². The van der Waals surface area contributed by atoms with Gasteiger partial charge in [-0.3, -0.25) is 24.1 Å². The van der Waals surface area contributed by atoms with E-state index in [1.807, 2.05) is 42.5 Å². The Morgan fingerprint density at radius 1 is 1.11 bits per heavy atom. The molecule has 0 radical (unpaired) electrons. The van der Waals surface area contributed by atoms with Gasteiger partial charge in [0.05, 0.1) is 18.3 Å². The Hall–Kier alpha value is -2.96. The van der Waals surface area contributed by atoms with Gasteiger partial charge < -0.3 is 10.1 Å². The van der Waals surface area contributed by atoms with Gasteiger partial charge in [-0.25, -0.2) is 0 Å². The fraction of sp³-hybridized carbons (Fsp3) is 0.429. The molecular weight excluding hydrogens is 360 g/mol. The number of hydrogen-bond acceptors (Lipinski definition) is 5. The summed E-state index contributed by atoms with van der Waals surface area (Å²) in [4.78, 5) is 50.0. The number of imide groups is 1. The first-order chi connectivity index (χ1) is 13.5. The first-order valence-corrected chi connectivity index (χ1v) is 9.48. The van der Waals surface area contributed by atoms with Gasteiger partial charge in [-0.15, -0.1) is 0 Å². The summed E-state index contributed by atoms with van der Waals surface area (Å²) in [5.74, 6) is -2.08. The average Bonchev–Trinajstić information content (AvgIpc) is 2.95. The molecule has 28 heavy (non-hydrogen) atoms. The number of carbonyl (C=O) groups excluding carboxylic acids is 4. The highest BCUT2D eigenvalue weighted by Gasteiger charge is 2.47. The van der Waals surface area contributed by atoms with E-state index in [0.717, 1.165) is 10.5 Å². The summed E-state index contributed by atoms with van der Waals surface area (Å²) in [5, 5.41) is 2.71. The van der Waals surface area contributed by atoms with Crippen LogP contribution in [0.3, 0.4) is 0 Å². The summed E-state index contributed by atoms with van der Waals surface area (Å²) >= 11 is 0. The summed E-state index contributed by atoms with van der Waals surface area (Å²) in [7, 11) is 0. The topological polar surface area (TPSA) is 92.8 Å². The number of rotatable bonds is 7. The van der Waals surface area contributed by atoms with Crippen molar-refractivity contribution in [3.63, 3.8) is 0 Å². The van der Waals surface area contributed by atoms with Crippen LogP contribution in [-0.2, 0) is 30.5 Å². The summed E-state index contributed by atoms with van der Waals surface area (Å²) in [5.41, 5.74) is 0.941. The van der Waals surface area contributed by atoms with Crippen LogP contribution in [0.4, 0.5) is 0 Å². The maximum Gasteiger partial charge on any atom is 0.308 e. The number of fused-ring (bicyclic) bond motifs is 1. The molecular formula is C21H24N2O5. The van der Waals surface area contributed by atoms with Crippen LogP contribution in [0.2, 0.25) is 0 Å². The molecule has 1 aromatic rings. The van der Waals surface area contributed by atoms with E-state index in [-0.39, 0.29) is 36.6 Å². The lowest BCUT2D eigenvalue weighted by Crippen LogP contribution is -2.37. The van der Waals surface area contributed by atoms with Gasteiger partial charge in [-0.05, 0) is 25.3 Å². The monoisotopic (exact) mass is 384 g/mol. The average molecular weight is 384 g/mol. The van der Waals surface area contributed by atoms with Crippen LogP contribution in [-0.4, -0.2) is 41.2 Å². The van der Waals surface area contributed by atoms with Crippen molar-refractivity contribution in [1.82, 2.24) is 10.2 Å². The number of ether oxygens (including phenoxy) is 1. The van der Waals surface area contributed by atoms with E-state index in [2.05, 4.69) is 5.32 Å². The van der Waals surface area contributed by atoms with E-state index in [1.165, 1.54) is 6.92 Å². The Kier molecular flexibility index (Phi) is 6.23. The van der Waals surface area contributed by atoms with Gasteiger partial charge in [0, 0.05) is 13.1 Å². The van der Waals surface area contributed by atoms with E-state index >= 15 is 0 Å². The number of allylic oxidation sites excluding steroid dienone is 2. The lowest BCUT2D eigenvalue weighted by atomic mass is 9.85. The van der Waals surface area contributed by atoms with Crippen LogP contribution in [0.5, 0.6) is 0 Å². The van der Waals surface area contributed by atoms with Crippen LogP contribution in [0, 0.1) is 11.8 Å². The summed E-state index contributed by atoms with van der Waals surface area (Å²) in [6.07, 6.45) is 3.89. The van der Waals surface area contributed by atoms with Crippen LogP contribution >= 0.6 is 0 Å². The van der Waals surface area contributed by atoms with Gasteiger partial charge in [-0.1, -0.05) is 42.5 Å². The molecule has 7 nitrogen and oxygen atoms in total. The van der Waals surface area contributed by atoms with Crippen LogP contribution in [0.25, 0.3) is 0 Å². The lowest BCUT2D eigenvalue weighted by molar-refractivity contribution is -0.155. The molecule has 1 aliphatic carbocycles. The Labute approximate surface area is 163 Å². The minimum atomic E-state index is -0.951. The molecule has 1 N–H and O–H groups in total. The standard InChI is InChI=1S/C21H24N2O5/c1-14(19(25)22-13-15-7-3-2-4-8-15)28-18(24)11-12-23-20(26)16-9-5-6-10-17(16)21(23)27/h2-8,14,16-17H,9-13H2,1H3,(H,22,25)/t14-,16-,17+/m0/s1. The van der Waals surface area contributed by atoms with E-state index in [4.69, 9.17) is 4.74 Å². The van der Waals surface area contributed by atoms with Gasteiger partial charge in [0.15, 0.2) is 6.10 Å². The molecule has 1 fully saturated rings. The maximum absolute atomic E-state index is 12.4. The summed E-state index contributed by atoms with van der Waals surface area (Å²) < 4.78 is 5.14. The van der Waals surface area contributed by atoms with Crippen LogP contribution in [0.1, 0.15) is 31.7 Å². The number of carbonyl (C=O) groups is 4. The SMILES string of the molecule is C[C@H](OC(=O)CCN1C(=O)[C@H]2CC=CC[C@H]2C1=O)C(=O)NCc1ccccc1. The minimum Gasteiger partial charge on any atom is -0.452 e. The predicted molar refractivity (Wildman–Crippen MR) is 101 cm³/mol. The normalized spacial score (nSPS) is 22.0. The molecule has 0 aromatic heterocycles. The maximum atomic E-state index is 12.4. The van der Waals surface area contributed by atoms with Gasteiger partial charge in [0.25, 0.3) is 5.91 Å². The van der Waals surface area contributed by atoms with Gasteiger partial charge in [0.1, 0.15) is 0 Å². The van der Waals surface area contributed by atoms with E-state index in [1.54, 1.807) is 0 Å². The number of benzene rings is 1. The predicted octanol–water partition coefficient (Wildman–Crippen LogP) is 1.58. The number of nitrogens with one attached hydrogen (secondary N) is 1. The molecule has 0 spiro atoms. The number of esters is 1. The second-order valence-corrected chi connectivity index (χ2v) is 7.07. The molecule has 1 heterocycles. The largest absolute Gasteiger partial charge is 0.452 e. The quantitative estimate of drug-likeness (QED) is 0.438. The fourth-order valence-corrected chi connectivity index (χ4v) is 3.53. The van der Waals surface area contributed by atoms with Crippen LogP contribution in [0.15, 0.2) is 42.5 Å². The molecule has 148 valence electrons. The molecule has 2 aliphatic rings. The Bertz CT molecular complexity index is 763. The third-order valence-corrected chi connectivity index (χ3v) is 5.13. The van der Waals surface area contributed by atoms with Crippen molar-refractivity contribution in [1.29, 1.82) is 0 Å². The molecule has 3 amide bonds. The summed E-state index contributed by atoms with van der Waals surface area (Å²) in [6.45, 7) is 1.82. The molecule has 3 atom stereocenters. The Balaban J connectivity index is 1.43. The Morgan fingerprint density at radius 2 is 1.71 bits per heavy atom.